The molecule has 0 aromatic heterocycles. The summed E-state index contributed by atoms with van der Waals surface area (Å²) < 4.78 is 0. The number of carbonyl (C=O) groups is 1. The zero-order chi connectivity index (χ0) is 15.5. The van der Waals surface area contributed by atoms with E-state index in [2.05, 4.69) is 12.2 Å². The monoisotopic (exact) mass is 290 g/mol. The number of benzene rings is 1. The zero-order valence-electron chi connectivity index (χ0n) is 13.0. The van der Waals surface area contributed by atoms with E-state index in [1.54, 1.807) is 12.1 Å². The van der Waals surface area contributed by atoms with Crippen LogP contribution in [0.25, 0.3) is 0 Å². The van der Waals surface area contributed by atoms with Gasteiger partial charge in [0.15, 0.2) is 0 Å². The van der Waals surface area contributed by atoms with Crippen molar-refractivity contribution in [3.05, 3.63) is 29.3 Å². The van der Waals surface area contributed by atoms with Gasteiger partial charge in [0.25, 0.3) is 5.91 Å². The molecule has 1 aromatic rings. The molecule has 4 nitrogen and oxygen atoms in total. The third kappa shape index (κ3) is 3.97. The molecular weight excluding hydrogens is 264 g/mol. The van der Waals surface area contributed by atoms with E-state index < -0.39 is 5.60 Å². The molecule has 0 atom stereocenters. The average Bonchev–Trinajstić information content (AvgIpc) is 2.48. The van der Waals surface area contributed by atoms with E-state index in [1.807, 2.05) is 13.0 Å². The van der Waals surface area contributed by atoms with Crippen molar-refractivity contribution in [2.45, 2.75) is 51.6 Å². The lowest BCUT2D eigenvalue weighted by molar-refractivity contribution is -0.00786. The number of hydrogen-bond acceptors (Lipinski definition) is 3. The van der Waals surface area contributed by atoms with Crippen LogP contribution in [0.5, 0.6) is 0 Å². The Morgan fingerprint density at radius 2 is 2.10 bits per heavy atom. The number of anilines is 1. The molecule has 0 bridgehead atoms. The van der Waals surface area contributed by atoms with Crippen LogP contribution in [-0.4, -0.2) is 23.2 Å². The van der Waals surface area contributed by atoms with Gasteiger partial charge in [-0.25, -0.2) is 0 Å². The van der Waals surface area contributed by atoms with E-state index in [1.165, 1.54) is 6.42 Å². The molecule has 0 saturated heterocycles. The van der Waals surface area contributed by atoms with Crippen molar-refractivity contribution in [1.29, 1.82) is 0 Å². The summed E-state index contributed by atoms with van der Waals surface area (Å²) in [6.07, 6.45) is 4.76. The van der Waals surface area contributed by atoms with E-state index in [0.29, 0.717) is 23.7 Å². The van der Waals surface area contributed by atoms with Crippen molar-refractivity contribution in [3.8, 4) is 0 Å². The Hall–Kier alpha value is -1.55. The number of carbonyl (C=O) groups excluding carboxylic acids is 1. The summed E-state index contributed by atoms with van der Waals surface area (Å²) in [5, 5.41) is 13.4. The molecule has 1 aliphatic carbocycles. The fraction of sp³-hybridized carbons (Fsp3) is 0.588. The van der Waals surface area contributed by atoms with Crippen LogP contribution in [0, 0.1) is 12.8 Å². The number of nitrogens with one attached hydrogen (secondary N) is 1. The highest BCUT2D eigenvalue weighted by Gasteiger charge is 2.33. The number of aryl methyl sites for hydroxylation is 1. The summed E-state index contributed by atoms with van der Waals surface area (Å²) in [6, 6.07) is 5.40. The molecule has 0 aliphatic heterocycles. The number of rotatable bonds is 4. The molecule has 1 aromatic carbocycles. The summed E-state index contributed by atoms with van der Waals surface area (Å²) in [4.78, 5) is 12.2. The van der Waals surface area contributed by atoms with Crippen molar-refractivity contribution >= 4 is 11.6 Å². The van der Waals surface area contributed by atoms with Crippen LogP contribution in [0.1, 0.15) is 54.9 Å². The summed E-state index contributed by atoms with van der Waals surface area (Å²) in [7, 11) is 0. The third-order valence-corrected chi connectivity index (χ3v) is 4.64. The highest BCUT2D eigenvalue weighted by atomic mass is 16.3. The highest BCUT2D eigenvalue weighted by molar-refractivity contribution is 5.99. The molecule has 0 radical (unpaired) electrons. The van der Waals surface area contributed by atoms with Gasteiger partial charge in [-0.3, -0.25) is 4.79 Å². The molecule has 4 heteroatoms. The summed E-state index contributed by atoms with van der Waals surface area (Å²) in [5.74, 6) is 0.510. The van der Waals surface area contributed by atoms with E-state index >= 15 is 0 Å². The topological polar surface area (TPSA) is 75.3 Å². The standard InChI is InChI=1S/C17H26N2O2/c1-3-13-6-8-17(21,9-7-13)11-19-16(20)14-10-12(2)4-5-15(14)18/h4-5,10,13,21H,3,6-9,11,18H2,1-2H3,(H,19,20). The molecule has 1 aliphatic rings. The van der Waals surface area contributed by atoms with Gasteiger partial charge < -0.3 is 16.2 Å². The van der Waals surface area contributed by atoms with Gasteiger partial charge >= 0.3 is 0 Å². The van der Waals surface area contributed by atoms with Gasteiger partial charge in [0, 0.05) is 12.2 Å². The van der Waals surface area contributed by atoms with Crippen molar-refractivity contribution in [2.24, 2.45) is 5.92 Å². The molecule has 2 rings (SSSR count). The second-order valence-corrected chi connectivity index (χ2v) is 6.35. The summed E-state index contributed by atoms with van der Waals surface area (Å²) >= 11 is 0. The Balaban J connectivity index is 1.93. The molecule has 21 heavy (non-hydrogen) atoms. The maximum atomic E-state index is 12.2. The van der Waals surface area contributed by atoms with E-state index in [4.69, 9.17) is 5.73 Å². The molecule has 1 fully saturated rings. The molecule has 116 valence electrons. The lowest BCUT2D eigenvalue weighted by Gasteiger charge is -2.35. The van der Waals surface area contributed by atoms with Crippen molar-refractivity contribution in [3.63, 3.8) is 0 Å². The predicted molar refractivity (Wildman–Crippen MR) is 85.1 cm³/mol. The Morgan fingerprint density at radius 3 is 2.71 bits per heavy atom. The minimum absolute atomic E-state index is 0.206. The summed E-state index contributed by atoms with van der Waals surface area (Å²) in [6.45, 7) is 4.42. The lowest BCUT2D eigenvalue weighted by atomic mass is 9.78. The van der Waals surface area contributed by atoms with Gasteiger partial charge in [0.05, 0.1) is 11.2 Å². The van der Waals surface area contributed by atoms with Crippen LogP contribution in [0.4, 0.5) is 5.69 Å². The van der Waals surface area contributed by atoms with Crippen molar-refractivity contribution in [2.75, 3.05) is 12.3 Å². The van der Waals surface area contributed by atoms with Crippen LogP contribution in [-0.2, 0) is 0 Å². The van der Waals surface area contributed by atoms with Gasteiger partial charge in [-0.15, -0.1) is 0 Å². The van der Waals surface area contributed by atoms with Crippen LogP contribution in [0.2, 0.25) is 0 Å². The van der Waals surface area contributed by atoms with Crippen LogP contribution in [0.15, 0.2) is 18.2 Å². The smallest absolute Gasteiger partial charge is 0.253 e. The quantitative estimate of drug-likeness (QED) is 0.746. The van der Waals surface area contributed by atoms with Crippen LogP contribution < -0.4 is 11.1 Å². The first-order valence-corrected chi connectivity index (χ1v) is 7.80. The molecule has 0 unspecified atom stereocenters. The lowest BCUT2D eigenvalue weighted by Crippen LogP contribution is -2.45. The van der Waals surface area contributed by atoms with Gasteiger partial charge in [-0.05, 0) is 50.7 Å². The first kappa shape index (κ1) is 15.8. The minimum Gasteiger partial charge on any atom is -0.398 e. The number of nitrogen functional groups attached to an aromatic ring is 1. The van der Waals surface area contributed by atoms with Gasteiger partial charge in [0.2, 0.25) is 0 Å². The largest absolute Gasteiger partial charge is 0.398 e. The van der Waals surface area contributed by atoms with Gasteiger partial charge in [0.1, 0.15) is 0 Å². The second-order valence-electron chi connectivity index (χ2n) is 6.35. The third-order valence-electron chi connectivity index (χ3n) is 4.64. The normalized spacial score (nSPS) is 25.6. The average molecular weight is 290 g/mol. The number of aliphatic hydroxyl groups is 1. The van der Waals surface area contributed by atoms with Crippen LogP contribution >= 0.6 is 0 Å². The maximum Gasteiger partial charge on any atom is 0.253 e. The van der Waals surface area contributed by atoms with E-state index in [9.17, 15) is 9.90 Å². The Labute approximate surface area is 126 Å². The Bertz CT molecular complexity index is 506. The summed E-state index contributed by atoms with van der Waals surface area (Å²) in [5.41, 5.74) is 7.04. The second kappa shape index (κ2) is 6.48. The molecule has 4 N–H and O–H groups in total. The van der Waals surface area contributed by atoms with Gasteiger partial charge in [-0.1, -0.05) is 25.0 Å². The predicted octanol–water partition coefficient (Wildman–Crippen LogP) is 2.64. The Morgan fingerprint density at radius 1 is 1.43 bits per heavy atom. The maximum absolute atomic E-state index is 12.2. The van der Waals surface area contributed by atoms with E-state index in [-0.39, 0.29) is 5.91 Å². The zero-order valence-corrected chi connectivity index (χ0v) is 13.0. The number of nitrogens with two attached hydrogens (primary N) is 1. The minimum atomic E-state index is -0.764. The SMILES string of the molecule is CCC1CCC(O)(CNC(=O)c2cc(C)ccc2N)CC1. The van der Waals surface area contributed by atoms with Crippen molar-refractivity contribution in [1.82, 2.24) is 5.32 Å². The first-order valence-electron chi connectivity index (χ1n) is 7.80. The van der Waals surface area contributed by atoms with Crippen LogP contribution in [0.3, 0.4) is 0 Å². The van der Waals surface area contributed by atoms with Gasteiger partial charge in [-0.2, -0.15) is 0 Å². The fourth-order valence-electron chi connectivity index (χ4n) is 3.01. The molecule has 0 heterocycles. The Kier molecular flexibility index (Phi) is 4.88. The molecular formula is C17H26N2O2. The molecule has 0 spiro atoms. The highest BCUT2D eigenvalue weighted by Crippen LogP contribution is 2.33. The van der Waals surface area contributed by atoms with Crippen molar-refractivity contribution < 1.29 is 9.90 Å². The molecule has 1 amide bonds. The first-order chi connectivity index (χ1) is 9.93. The van der Waals surface area contributed by atoms with E-state index in [0.717, 1.165) is 31.2 Å². The number of amides is 1. The fourth-order valence-corrected chi connectivity index (χ4v) is 3.01. The number of hydrogen-bond donors (Lipinski definition) is 3. The molecule has 1 saturated carbocycles.